The molecule has 0 aliphatic rings. The Labute approximate surface area is 117 Å². The minimum atomic E-state index is -0.495. The summed E-state index contributed by atoms with van der Waals surface area (Å²) in [6, 6.07) is 13.7. The fraction of sp³-hybridized carbons (Fsp3) is 0.125. The summed E-state index contributed by atoms with van der Waals surface area (Å²) in [6.07, 6.45) is 0. The van der Waals surface area contributed by atoms with Gasteiger partial charge in [0.15, 0.2) is 0 Å². The van der Waals surface area contributed by atoms with Gasteiger partial charge in [0.2, 0.25) is 11.6 Å². The normalized spacial score (nSPS) is 9.90. The fourth-order valence-corrected chi connectivity index (χ4v) is 1.84. The standard InChI is InChI=1S/C16H16N2O2/c1-17-13-7-3-11(4-8-13)15(19)16(20)12-5-9-14(18-2)10-6-12/h3-10,17-18H,1-2H3. The lowest BCUT2D eigenvalue weighted by Gasteiger charge is -2.04. The molecular weight excluding hydrogens is 252 g/mol. The summed E-state index contributed by atoms with van der Waals surface area (Å²) in [5.41, 5.74) is 2.58. The third-order valence-corrected chi connectivity index (χ3v) is 3.08. The molecule has 0 spiro atoms. The average molecular weight is 268 g/mol. The van der Waals surface area contributed by atoms with Crippen LogP contribution in [0.2, 0.25) is 0 Å². The van der Waals surface area contributed by atoms with E-state index in [1.807, 2.05) is 0 Å². The number of rotatable bonds is 5. The highest BCUT2D eigenvalue weighted by Gasteiger charge is 2.17. The van der Waals surface area contributed by atoms with E-state index in [2.05, 4.69) is 10.6 Å². The third-order valence-electron chi connectivity index (χ3n) is 3.08. The zero-order chi connectivity index (χ0) is 14.5. The van der Waals surface area contributed by atoms with Crippen molar-refractivity contribution in [2.75, 3.05) is 24.7 Å². The third kappa shape index (κ3) is 2.85. The Bertz CT molecular complexity index is 558. The van der Waals surface area contributed by atoms with Gasteiger partial charge in [0.1, 0.15) is 0 Å². The molecule has 20 heavy (non-hydrogen) atoms. The molecule has 0 saturated heterocycles. The van der Waals surface area contributed by atoms with Gasteiger partial charge in [-0.05, 0) is 48.5 Å². The van der Waals surface area contributed by atoms with E-state index >= 15 is 0 Å². The Morgan fingerprint density at radius 3 is 1.20 bits per heavy atom. The number of hydrogen-bond donors (Lipinski definition) is 2. The molecular formula is C16H16N2O2. The number of carbonyl (C=O) groups is 2. The van der Waals surface area contributed by atoms with Crippen LogP contribution >= 0.6 is 0 Å². The highest BCUT2D eigenvalue weighted by molar-refractivity contribution is 6.49. The van der Waals surface area contributed by atoms with Gasteiger partial charge in [-0.3, -0.25) is 9.59 Å². The van der Waals surface area contributed by atoms with E-state index in [1.165, 1.54) is 0 Å². The molecule has 0 aliphatic heterocycles. The van der Waals surface area contributed by atoms with Crippen LogP contribution in [0, 0.1) is 0 Å². The van der Waals surface area contributed by atoms with Crippen LogP contribution in [-0.4, -0.2) is 25.7 Å². The molecule has 0 unspecified atom stereocenters. The van der Waals surface area contributed by atoms with Crippen LogP contribution in [0.15, 0.2) is 48.5 Å². The summed E-state index contributed by atoms with van der Waals surface area (Å²) in [5.74, 6) is -0.991. The summed E-state index contributed by atoms with van der Waals surface area (Å²) in [6.45, 7) is 0. The zero-order valence-electron chi connectivity index (χ0n) is 11.4. The summed E-state index contributed by atoms with van der Waals surface area (Å²) in [7, 11) is 3.59. The van der Waals surface area contributed by atoms with Crippen LogP contribution in [0.4, 0.5) is 11.4 Å². The maximum Gasteiger partial charge on any atom is 0.233 e. The van der Waals surface area contributed by atoms with Crippen molar-refractivity contribution in [2.45, 2.75) is 0 Å². The van der Waals surface area contributed by atoms with Crippen molar-refractivity contribution in [1.82, 2.24) is 0 Å². The number of carbonyl (C=O) groups excluding carboxylic acids is 2. The van der Waals surface area contributed by atoms with Crippen LogP contribution in [0.25, 0.3) is 0 Å². The summed E-state index contributed by atoms with van der Waals surface area (Å²) in [4.78, 5) is 24.2. The largest absolute Gasteiger partial charge is 0.388 e. The van der Waals surface area contributed by atoms with E-state index in [-0.39, 0.29) is 0 Å². The van der Waals surface area contributed by atoms with Gasteiger partial charge in [-0.1, -0.05) is 0 Å². The van der Waals surface area contributed by atoms with Crippen molar-refractivity contribution < 1.29 is 9.59 Å². The van der Waals surface area contributed by atoms with Gasteiger partial charge in [-0.15, -0.1) is 0 Å². The predicted octanol–water partition coefficient (Wildman–Crippen LogP) is 2.84. The lowest BCUT2D eigenvalue weighted by Crippen LogP contribution is -2.14. The maximum atomic E-state index is 12.1. The molecule has 2 aromatic rings. The molecule has 0 amide bonds. The van der Waals surface area contributed by atoms with Crippen LogP contribution in [0.1, 0.15) is 20.7 Å². The predicted molar refractivity (Wildman–Crippen MR) is 80.6 cm³/mol. The molecule has 4 heteroatoms. The minimum Gasteiger partial charge on any atom is -0.388 e. The molecule has 2 aromatic carbocycles. The van der Waals surface area contributed by atoms with Gasteiger partial charge < -0.3 is 10.6 Å². The Hall–Kier alpha value is -2.62. The molecule has 0 atom stereocenters. The SMILES string of the molecule is CNc1ccc(C(=O)C(=O)c2ccc(NC)cc2)cc1. The van der Waals surface area contributed by atoms with Crippen molar-refractivity contribution in [3.8, 4) is 0 Å². The van der Waals surface area contributed by atoms with E-state index in [4.69, 9.17) is 0 Å². The number of anilines is 2. The molecule has 0 radical (unpaired) electrons. The quantitative estimate of drug-likeness (QED) is 0.646. The molecule has 4 nitrogen and oxygen atoms in total. The lowest BCUT2D eigenvalue weighted by atomic mass is 10.0. The van der Waals surface area contributed by atoms with Gasteiger partial charge >= 0.3 is 0 Å². The molecule has 0 aliphatic carbocycles. The zero-order valence-corrected chi connectivity index (χ0v) is 11.4. The van der Waals surface area contributed by atoms with Crippen molar-refractivity contribution in [2.24, 2.45) is 0 Å². The van der Waals surface area contributed by atoms with Crippen molar-refractivity contribution in [3.63, 3.8) is 0 Å². The molecule has 102 valence electrons. The number of ketones is 2. The lowest BCUT2D eigenvalue weighted by molar-refractivity contribution is 0.0817. The van der Waals surface area contributed by atoms with E-state index < -0.39 is 11.6 Å². The Balaban J connectivity index is 2.20. The second-order valence-electron chi connectivity index (χ2n) is 4.31. The maximum absolute atomic E-state index is 12.1. The molecule has 2 N–H and O–H groups in total. The monoisotopic (exact) mass is 268 g/mol. The smallest absolute Gasteiger partial charge is 0.233 e. The van der Waals surface area contributed by atoms with Crippen LogP contribution in [-0.2, 0) is 0 Å². The molecule has 0 saturated carbocycles. The molecule has 0 fully saturated rings. The second kappa shape index (κ2) is 6.02. The van der Waals surface area contributed by atoms with E-state index in [0.717, 1.165) is 11.4 Å². The summed E-state index contributed by atoms with van der Waals surface area (Å²) in [5, 5.41) is 5.93. The fourth-order valence-electron chi connectivity index (χ4n) is 1.84. The highest BCUT2D eigenvalue weighted by Crippen LogP contribution is 2.14. The summed E-state index contributed by atoms with van der Waals surface area (Å²) >= 11 is 0. The van der Waals surface area contributed by atoms with E-state index in [1.54, 1.807) is 62.6 Å². The first-order valence-electron chi connectivity index (χ1n) is 6.30. The number of nitrogens with one attached hydrogen (secondary N) is 2. The van der Waals surface area contributed by atoms with Crippen molar-refractivity contribution in [1.29, 1.82) is 0 Å². The highest BCUT2D eigenvalue weighted by atomic mass is 16.2. The molecule has 0 heterocycles. The topological polar surface area (TPSA) is 58.2 Å². The minimum absolute atomic E-state index is 0.395. The average Bonchev–Trinajstić information content (AvgIpc) is 2.53. The molecule has 0 bridgehead atoms. The van der Waals surface area contributed by atoms with Crippen LogP contribution in [0.5, 0.6) is 0 Å². The Kier molecular flexibility index (Phi) is 4.15. The Morgan fingerprint density at radius 1 is 0.650 bits per heavy atom. The molecule has 2 rings (SSSR count). The first kappa shape index (κ1) is 13.8. The number of benzene rings is 2. The first-order valence-corrected chi connectivity index (χ1v) is 6.30. The van der Waals surface area contributed by atoms with E-state index in [9.17, 15) is 9.59 Å². The van der Waals surface area contributed by atoms with Gasteiger partial charge in [-0.25, -0.2) is 0 Å². The summed E-state index contributed by atoms with van der Waals surface area (Å²) < 4.78 is 0. The van der Waals surface area contributed by atoms with Crippen LogP contribution < -0.4 is 10.6 Å². The van der Waals surface area contributed by atoms with Crippen molar-refractivity contribution in [3.05, 3.63) is 59.7 Å². The second-order valence-corrected chi connectivity index (χ2v) is 4.31. The van der Waals surface area contributed by atoms with Gasteiger partial charge in [0.05, 0.1) is 0 Å². The van der Waals surface area contributed by atoms with Gasteiger partial charge in [0, 0.05) is 36.6 Å². The Morgan fingerprint density at radius 2 is 0.950 bits per heavy atom. The van der Waals surface area contributed by atoms with E-state index in [0.29, 0.717) is 11.1 Å². The van der Waals surface area contributed by atoms with Crippen LogP contribution in [0.3, 0.4) is 0 Å². The van der Waals surface area contributed by atoms with Gasteiger partial charge in [-0.2, -0.15) is 0 Å². The first-order chi connectivity index (χ1) is 9.65. The van der Waals surface area contributed by atoms with Gasteiger partial charge in [0.25, 0.3) is 0 Å². The van der Waals surface area contributed by atoms with Crippen molar-refractivity contribution >= 4 is 22.9 Å². The number of hydrogen-bond acceptors (Lipinski definition) is 4. The molecule has 0 aromatic heterocycles. The number of Topliss-reactive ketones (excluding diaryl/α,β-unsaturated/α-hetero) is 2.